The number of benzene rings is 2. The first kappa shape index (κ1) is 27.6. The number of nitrogens with one attached hydrogen (secondary N) is 2. The highest BCUT2D eigenvalue weighted by molar-refractivity contribution is 7.09. The van der Waals surface area contributed by atoms with Crippen LogP contribution in [-0.4, -0.2) is 30.7 Å². The molecule has 1 atom stereocenters. The van der Waals surface area contributed by atoms with Gasteiger partial charge in [-0.15, -0.1) is 11.3 Å². The van der Waals surface area contributed by atoms with Crippen molar-refractivity contribution in [3.05, 3.63) is 100 Å². The van der Waals surface area contributed by atoms with E-state index < -0.39 is 17.7 Å². The molecule has 1 heterocycles. The molecule has 1 saturated carbocycles. The van der Waals surface area contributed by atoms with Crippen molar-refractivity contribution in [3.63, 3.8) is 0 Å². The van der Waals surface area contributed by atoms with Crippen LogP contribution >= 0.6 is 11.3 Å². The molecule has 200 valence electrons. The Hall–Kier alpha value is -3.47. The number of rotatable bonds is 11. The summed E-state index contributed by atoms with van der Waals surface area (Å²) in [6.45, 7) is 4.24. The Morgan fingerprint density at radius 3 is 2.68 bits per heavy atom. The fraction of sp³-hybridized carbons (Fsp3) is 0.286. The van der Waals surface area contributed by atoms with Crippen LogP contribution in [0.15, 0.2) is 84.0 Å². The van der Waals surface area contributed by atoms with Crippen LogP contribution in [0, 0.1) is 5.92 Å². The molecular weight excluding hydrogens is 511 g/mol. The Bertz CT molecular complexity index is 1300. The standard InChI is InChI=1S/C28H30F3N5OS/c1-18(28(29,30)31)13-24(36(2)23-8-3-5-20(14-23)16-32)26(37)35-22-7-4-6-21(15-22)25(27-33-11-12-38-27)34-17-19-9-10-19/h3-8,11-15,19,25,34H,1,9-10,16-17,32H2,2H3,(H,35,37)/b24-13-. The van der Waals surface area contributed by atoms with Crippen LogP contribution in [0.3, 0.4) is 0 Å². The van der Waals surface area contributed by atoms with Gasteiger partial charge in [-0.3, -0.25) is 4.79 Å². The Kier molecular flexibility index (Phi) is 8.65. The van der Waals surface area contributed by atoms with Crippen molar-refractivity contribution < 1.29 is 18.0 Å². The Balaban J connectivity index is 1.61. The third-order valence-electron chi connectivity index (χ3n) is 6.29. The third kappa shape index (κ3) is 7.09. The van der Waals surface area contributed by atoms with Gasteiger partial charge in [-0.1, -0.05) is 30.8 Å². The molecule has 0 bridgehead atoms. The van der Waals surface area contributed by atoms with Gasteiger partial charge in [-0.25, -0.2) is 4.98 Å². The summed E-state index contributed by atoms with van der Waals surface area (Å²) in [4.78, 5) is 19.3. The molecule has 4 rings (SSSR count). The van der Waals surface area contributed by atoms with Crippen molar-refractivity contribution in [3.8, 4) is 0 Å². The van der Waals surface area contributed by atoms with Crippen LogP contribution in [0.4, 0.5) is 24.5 Å². The highest BCUT2D eigenvalue weighted by Gasteiger charge is 2.32. The number of nitrogens with two attached hydrogens (primary N) is 1. The second-order valence-electron chi connectivity index (χ2n) is 9.22. The second-order valence-corrected chi connectivity index (χ2v) is 10.1. The summed E-state index contributed by atoms with van der Waals surface area (Å²) in [5.74, 6) is -0.0481. The number of nitrogens with zero attached hydrogens (tertiary/aromatic N) is 2. The molecule has 1 aromatic heterocycles. The van der Waals surface area contributed by atoms with Crippen LogP contribution in [0.25, 0.3) is 0 Å². The molecule has 1 unspecified atom stereocenters. The largest absolute Gasteiger partial charge is 0.415 e. The molecule has 2 aromatic carbocycles. The van der Waals surface area contributed by atoms with Gasteiger partial charge >= 0.3 is 6.18 Å². The van der Waals surface area contributed by atoms with Crippen molar-refractivity contribution in [2.45, 2.75) is 31.6 Å². The van der Waals surface area contributed by atoms with Crippen LogP contribution < -0.4 is 21.3 Å². The van der Waals surface area contributed by atoms with E-state index in [2.05, 4.69) is 22.2 Å². The molecule has 1 amide bonds. The first-order chi connectivity index (χ1) is 18.2. The number of likely N-dealkylation sites (N-methyl/N-ethyl adjacent to an activating group) is 1. The topological polar surface area (TPSA) is 83.3 Å². The van der Waals surface area contributed by atoms with E-state index in [-0.39, 0.29) is 18.3 Å². The molecule has 0 saturated heterocycles. The van der Waals surface area contributed by atoms with Crippen molar-refractivity contribution in [1.82, 2.24) is 10.3 Å². The van der Waals surface area contributed by atoms with E-state index in [9.17, 15) is 18.0 Å². The monoisotopic (exact) mass is 541 g/mol. The van der Waals surface area contributed by atoms with E-state index in [1.165, 1.54) is 36.1 Å². The SMILES string of the molecule is C=C(/C=C(/C(=O)Nc1cccc(C(NCC2CC2)c2nccs2)c1)N(C)c1cccc(CN)c1)C(F)(F)F. The molecule has 1 aliphatic rings. The smallest absolute Gasteiger partial charge is 0.340 e. The van der Waals surface area contributed by atoms with Gasteiger partial charge in [0.1, 0.15) is 10.7 Å². The minimum absolute atomic E-state index is 0.158. The summed E-state index contributed by atoms with van der Waals surface area (Å²) in [5, 5.41) is 9.14. The summed E-state index contributed by atoms with van der Waals surface area (Å²) in [7, 11) is 1.53. The quantitative estimate of drug-likeness (QED) is 0.212. The highest BCUT2D eigenvalue weighted by atomic mass is 32.1. The Labute approximate surface area is 224 Å². The first-order valence-electron chi connectivity index (χ1n) is 12.2. The first-order valence-corrected chi connectivity index (χ1v) is 13.1. The van der Waals surface area contributed by atoms with Crippen LogP contribution in [0.5, 0.6) is 0 Å². The molecule has 38 heavy (non-hydrogen) atoms. The molecule has 3 aromatic rings. The predicted molar refractivity (Wildman–Crippen MR) is 146 cm³/mol. The normalized spacial score (nSPS) is 14.7. The van der Waals surface area contributed by atoms with Gasteiger partial charge in [0.2, 0.25) is 0 Å². The zero-order valence-corrected chi connectivity index (χ0v) is 21.8. The summed E-state index contributed by atoms with van der Waals surface area (Å²) in [5.41, 5.74) is 7.03. The van der Waals surface area contributed by atoms with E-state index in [4.69, 9.17) is 5.73 Å². The highest BCUT2D eigenvalue weighted by Crippen LogP contribution is 2.32. The minimum Gasteiger partial charge on any atom is -0.340 e. The summed E-state index contributed by atoms with van der Waals surface area (Å²) in [6.07, 6.45) is 0.225. The maximum absolute atomic E-state index is 13.4. The van der Waals surface area contributed by atoms with Crippen molar-refractivity contribution >= 4 is 28.6 Å². The fourth-order valence-corrected chi connectivity index (χ4v) is 4.65. The molecule has 1 aliphatic carbocycles. The van der Waals surface area contributed by atoms with Gasteiger partial charge in [0.15, 0.2) is 0 Å². The van der Waals surface area contributed by atoms with Crippen LogP contribution in [-0.2, 0) is 11.3 Å². The van der Waals surface area contributed by atoms with Gasteiger partial charge in [0, 0.05) is 36.5 Å². The zero-order chi connectivity index (χ0) is 27.3. The molecule has 1 fully saturated rings. The Morgan fingerprint density at radius 2 is 2.03 bits per heavy atom. The van der Waals surface area contributed by atoms with Crippen molar-refractivity contribution in [1.29, 1.82) is 0 Å². The van der Waals surface area contributed by atoms with E-state index in [1.807, 2.05) is 17.5 Å². The second kappa shape index (κ2) is 11.9. The minimum atomic E-state index is -4.68. The number of aromatic nitrogens is 1. The number of thiazole rings is 1. The lowest BCUT2D eigenvalue weighted by Gasteiger charge is -2.24. The number of allylic oxidation sites excluding steroid dienone is 2. The van der Waals surface area contributed by atoms with E-state index in [1.54, 1.807) is 42.6 Å². The summed E-state index contributed by atoms with van der Waals surface area (Å²) >= 11 is 1.53. The molecular formula is C28H30F3N5OS. The number of halogens is 3. The Morgan fingerprint density at radius 1 is 1.26 bits per heavy atom. The average Bonchev–Trinajstić information content (AvgIpc) is 3.57. The van der Waals surface area contributed by atoms with Gasteiger partial charge in [-0.05, 0) is 66.8 Å². The number of hydrogen-bond acceptors (Lipinski definition) is 6. The predicted octanol–water partition coefficient (Wildman–Crippen LogP) is 5.77. The number of anilines is 2. The number of alkyl halides is 3. The number of hydrogen-bond donors (Lipinski definition) is 3. The van der Waals surface area contributed by atoms with Crippen molar-refractivity contribution in [2.24, 2.45) is 11.7 Å². The van der Waals surface area contributed by atoms with Gasteiger partial charge < -0.3 is 21.3 Å². The van der Waals surface area contributed by atoms with Crippen molar-refractivity contribution in [2.75, 3.05) is 23.8 Å². The van der Waals surface area contributed by atoms with E-state index in [0.29, 0.717) is 17.3 Å². The molecule has 0 radical (unpaired) electrons. The maximum atomic E-state index is 13.4. The van der Waals surface area contributed by atoms with E-state index in [0.717, 1.165) is 28.8 Å². The third-order valence-corrected chi connectivity index (χ3v) is 7.13. The number of carbonyl (C=O) groups excluding carboxylic acids is 1. The number of carbonyl (C=O) groups is 1. The average molecular weight is 542 g/mol. The zero-order valence-electron chi connectivity index (χ0n) is 21.0. The van der Waals surface area contributed by atoms with Crippen LogP contribution in [0.2, 0.25) is 0 Å². The molecule has 4 N–H and O–H groups in total. The maximum Gasteiger partial charge on any atom is 0.415 e. The van der Waals surface area contributed by atoms with Gasteiger partial charge in [-0.2, -0.15) is 13.2 Å². The fourth-order valence-electron chi connectivity index (χ4n) is 3.92. The molecule has 0 aliphatic heterocycles. The van der Waals surface area contributed by atoms with Gasteiger partial charge in [0.25, 0.3) is 5.91 Å². The summed E-state index contributed by atoms with van der Waals surface area (Å²) in [6, 6.07) is 14.1. The molecule has 10 heteroatoms. The van der Waals surface area contributed by atoms with Crippen LogP contribution in [0.1, 0.15) is 35.0 Å². The lowest BCUT2D eigenvalue weighted by Crippen LogP contribution is -2.29. The molecule has 6 nitrogen and oxygen atoms in total. The lowest BCUT2D eigenvalue weighted by atomic mass is 10.1. The number of amides is 1. The summed E-state index contributed by atoms with van der Waals surface area (Å²) < 4.78 is 40.1. The van der Waals surface area contributed by atoms with E-state index >= 15 is 0 Å². The lowest BCUT2D eigenvalue weighted by molar-refractivity contribution is -0.112. The van der Waals surface area contributed by atoms with Gasteiger partial charge in [0.05, 0.1) is 11.6 Å². The molecule has 0 spiro atoms.